The Labute approximate surface area is 122 Å². The van der Waals surface area contributed by atoms with Crippen LogP contribution < -0.4 is 10.5 Å². The fourth-order valence-corrected chi connectivity index (χ4v) is 3.34. The summed E-state index contributed by atoms with van der Waals surface area (Å²) in [7, 11) is 1.67. The van der Waals surface area contributed by atoms with Crippen LogP contribution in [0.15, 0.2) is 53.4 Å². The van der Waals surface area contributed by atoms with Gasteiger partial charge in [0.2, 0.25) is 0 Å². The molecule has 0 heterocycles. The van der Waals surface area contributed by atoms with Gasteiger partial charge in [0, 0.05) is 21.7 Å². The molecular formula is C15H16ClNOS. The number of methoxy groups -OCH3 is 1. The van der Waals surface area contributed by atoms with Crippen LogP contribution in [0.4, 0.5) is 0 Å². The van der Waals surface area contributed by atoms with Gasteiger partial charge in [0.25, 0.3) is 0 Å². The zero-order valence-electron chi connectivity index (χ0n) is 10.7. The van der Waals surface area contributed by atoms with Gasteiger partial charge in [0.05, 0.1) is 7.11 Å². The summed E-state index contributed by atoms with van der Waals surface area (Å²) in [6.45, 7) is 0.520. The number of hydrogen-bond acceptors (Lipinski definition) is 3. The average molecular weight is 294 g/mol. The Morgan fingerprint density at radius 3 is 2.53 bits per heavy atom. The number of para-hydroxylation sites is 1. The van der Waals surface area contributed by atoms with Gasteiger partial charge in [-0.25, -0.2) is 0 Å². The van der Waals surface area contributed by atoms with E-state index in [0.29, 0.717) is 6.54 Å². The summed E-state index contributed by atoms with van der Waals surface area (Å²) in [6.07, 6.45) is 0. The fraction of sp³-hybridized carbons (Fsp3) is 0.200. The number of benzene rings is 2. The van der Waals surface area contributed by atoms with Gasteiger partial charge in [-0.3, -0.25) is 0 Å². The molecule has 2 nitrogen and oxygen atoms in total. The zero-order chi connectivity index (χ0) is 13.7. The molecule has 2 N–H and O–H groups in total. The van der Waals surface area contributed by atoms with Crippen LogP contribution in [0, 0.1) is 0 Å². The van der Waals surface area contributed by atoms with Gasteiger partial charge < -0.3 is 10.5 Å². The molecule has 2 rings (SSSR count). The van der Waals surface area contributed by atoms with Gasteiger partial charge in [0.1, 0.15) is 5.75 Å². The standard InChI is InChI=1S/C15H16ClNOS/c1-18-13-8-4-5-9-14(13)19-15(10-17)11-6-2-3-7-12(11)16/h2-9,15H,10,17H2,1H3. The first kappa shape index (κ1) is 14.3. The minimum atomic E-state index is 0.116. The number of halogens is 1. The summed E-state index contributed by atoms with van der Waals surface area (Å²) in [5.74, 6) is 0.859. The molecule has 0 aliphatic rings. The molecule has 1 atom stereocenters. The SMILES string of the molecule is COc1ccccc1SC(CN)c1ccccc1Cl. The van der Waals surface area contributed by atoms with Crippen molar-refractivity contribution in [1.82, 2.24) is 0 Å². The maximum absolute atomic E-state index is 6.24. The molecule has 4 heteroatoms. The van der Waals surface area contributed by atoms with E-state index < -0.39 is 0 Å². The highest BCUT2D eigenvalue weighted by molar-refractivity contribution is 7.99. The van der Waals surface area contributed by atoms with Gasteiger partial charge in [-0.15, -0.1) is 11.8 Å². The van der Waals surface area contributed by atoms with E-state index in [1.54, 1.807) is 18.9 Å². The van der Waals surface area contributed by atoms with E-state index in [9.17, 15) is 0 Å². The first-order valence-electron chi connectivity index (χ1n) is 6.00. The predicted octanol–water partition coefficient (Wildman–Crippen LogP) is 4.14. The lowest BCUT2D eigenvalue weighted by atomic mass is 10.1. The summed E-state index contributed by atoms with van der Waals surface area (Å²) in [4.78, 5) is 1.07. The van der Waals surface area contributed by atoms with Gasteiger partial charge in [0.15, 0.2) is 0 Å². The van der Waals surface area contributed by atoms with E-state index >= 15 is 0 Å². The van der Waals surface area contributed by atoms with Crippen molar-refractivity contribution in [1.29, 1.82) is 0 Å². The first-order valence-corrected chi connectivity index (χ1v) is 7.26. The molecule has 2 aromatic rings. The van der Waals surface area contributed by atoms with Crippen molar-refractivity contribution in [3.05, 3.63) is 59.1 Å². The quantitative estimate of drug-likeness (QED) is 0.842. The van der Waals surface area contributed by atoms with E-state index in [2.05, 4.69) is 0 Å². The largest absolute Gasteiger partial charge is 0.496 e. The van der Waals surface area contributed by atoms with Crippen LogP contribution in [0.2, 0.25) is 5.02 Å². The van der Waals surface area contributed by atoms with Crippen LogP contribution in [-0.2, 0) is 0 Å². The number of ether oxygens (including phenoxy) is 1. The summed E-state index contributed by atoms with van der Waals surface area (Å²) in [5.41, 5.74) is 6.95. The van der Waals surface area contributed by atoms with Crippen LogP contribution in [0.1, 0.15) is 10.8 Å². The van der Waals surface area contributed by atoms with Crippen LogP contribution in [-0.4, -0.2) is 13.7 Å². The lowest BCUT2D eigenvalue weighted by Gasteiger charge is -2.17. The molecule has 0 spiro atoms. The van der Waals surface area contributed by atoms with Crippen molar-refractivity contribution < 1.29 is 4.74 Å². The van der Waals surface area contributed by atoms with Crippen molar-refractivity contribution >= 4 is 23.4 Å². The van der Waals surface area contributed by atoms with Gasteiger partial charge in [-0.1, -0.05) is 41.9 Å². The number of hydrogen-bond donors (Lipinski definition) is 1. The normalized spacial score (nSPS) is 12.2. The molecule has 2 aromatic carbocycles. The molecule has 0 aromatic heterocycles. The topological polar surface area (TPSA) is 35.2 Å². The molecule has 0 bridgehead atoms. The van der Waals surface area contributed by atoms with Gasteiger partial charge in [-0.05, 0) is 23.8 Å². The van der Waals surface area contributed by atoms with Gasteiger partial charge >= 0.3 is 0 Å². The Bertz CT molecular complexity index is 547. The minimum Gasteiger partial charge on any atom is -0.496 e. The molecule has 0 aliphatic heterocycles. The van der Waals surface area contributed by atoms with E-state index in [-0.39, 0.29) is 5.25 Å². The third-order valence-corrected chi connectivity index (χ3v) is 4.47. The van der Waals surface area contributed by atoms with Gasteiger partial charge in [-0.2, -0.15) is 0 Å². The van der Waals surface area contributed by atoms with E-state index in [4.69, 9.17) is 22.1 Å². The highest BCUT2D eigenvalue weighted by Gasteiger charge is 2.16. The Kier molecular flexibility index (Phi) is 5.14. The Hall–Kier alpha value is -1.16. The molecule has 0 fully saturated rings. The van der Waals surface area contributed by atoms with E-state index in [1.807, 2.05) is 48.5 Å². The number of nitrogens with two attached hydrogens (primary N) is 1. The molecule has 0 aliphatic carbocycles. The molecule has 0 radical (unpaired) electrons. The summed E-state index contributed by atoms with van der Waals surface area (Å²) in [6, 6.07) is 15.7. The molecule has 0 saturated heterocycles. The highest BCUT2D eigenvalue weighted by atomic mass is 35.5. The van der Waals surface area contributed by atoms with Crippen molar-refractivity contribution in [3.63, 3.8) is 0 Å². The van der Waals surface area contributed by atoms with Crippen molar-refractivity contribution in [2.75, 3.05) is 13.7 Å². The maximum atomic E-state index is 6.24. The van der Waals surface area contributed by atoms with Crippen LogP contribution in [0.3, 0.4) is 0 Å². The van der Waals surface area contributed by atoms with Crippen molar-refractivity contribution in [3.8, 4) is 5.75 Å². The Balaban J connectivity index is 2.27. The highest BCUT2D eigenvalue weighted by Crippen LogP contribution is 2.41. The lowest BCUT2D eigenvalue weighted by Crippen LogP contribution is -2.09. The monoisotopic (exact) mass is 293 g/mol. The Morgan fingerprint density at radius 1 is 1.16 bits per heavy atom. The molecule has 19 heavy (non-hydrogen) atoms. The maximum Gasteiger partial charge on any atom is 0.132 e. The smallest absolute Gasteiger partial charge is 0.132 e. The summed E-state index contributed by atoms with van der Waals surface area (Å²) < 4.78 is 5.36. The first-order chi connectivity index (χ1) is 9.26. The zero-order valence-corrected chi connectivity index (χ0v) is 12.2. The predicted molar refractivity (Wildman–Crippen MR) is 82.1 cm³/mol. The Morgan fingerprint density at radius 2 is 1.84 bits per heavy atom. The van der Waals surface area contributed by atoms with Crippen LogP contribution >= 0.6 is 23.4 Å². The third-order valence-electron chi connectivity index (χ3n) is 2.80. The molecular weight excluding hydrogens is 278 g/mol. The lowest BCUT2D eigenvalue weighted by molar-refractivity contribution is 0.404. The second kappa shape index (κ2) is 6.85. The van der Waals surface area contributed by atoms with Crippen molar-refractivity contribution in [2.24, 2.45) is 5.73 Å². The number of thioether (sulfide) groups is 1. The third kappa shape index (κ3) is 3.44. The molecule has 0 saturated carbocycles. The van der Waals surface area contributed by atoms with E-state index in [1.165, 1.54) is 0 Å². The average Bonchev–Trinajstić information content (AvgIpc) is 2.46. The fourth-order valence-electron chi connectivity index (χ4n) is 1.84. The van der Waals surface area contributed by atoms with Crippen LogP contribution in [0.5, 0.6) is 5.75 Å². The van der Waals surface area contributed by atoms with E-state index in [0.717, 1.165) is 21.2 Å². The molecule has 1 unspecified atom stereocenters. The van der Waals surface area contributed by atoms with Crippen molar-refractivity contribution in [2.45, 2.75) is 10.1 Å². The molecule has 100 valence electrons. The summed E-state index contributed by atoms with van der Waals surface area (Å²) in [5, 5.41) is 0.866. The molecule has 0 amide bonds. The number of rotatable bonds is 5. The second-order valence-corrected chi connectivity index (χ2v) is 5.67. The second-order valence-electron chi connectivity index (χ2n) is 4.01. The minimum absolute atomic E-state index is 0.116. The summed E-state index contributed by atoms with van der Waals surface area (Å²) >= 11 is 7.91. The van der Waals surface area contributed by atoms with Crippen LogP contribution in [0.25, 0.3) is 0 Å².